The van der Waals surface area contributed by atoms with Crippen molar-refractivity contribution >= 4 is 5.97 Å². The molecule has 0 aliphatic rings. The van der Waals surface area contributed by atoms with Gasteiger partial charge in [-0.1, -0.05) is 33.1 Å². The molecule has 0 amide bonds. The Kier molecular flexibility index (Phi) is 5.02. The summed E-state index contributed by atoms with van der Waals surface area (Å²) >= 11 is 0. The van der Waals surface area contributed by atoms with Crippen molar-refractivity contribution in [2.75, 3.05) is 0 Å². The smallest absolute Gasteiger partial charge is 0.356 e. The molecular formula is C12H20N2O2. The Morgan fingerprint density at radius 3 is 2.81 bits per heavy atom. The fraction of sp³-hybridized carbons (Fsp3) is 0.667. The number of hydrogen-bond donors (Lipinski definition) is 1. The van der Waals surface area contributed by atoms with E-state index in [1.165, 1.54) is 19.3 Å². The molecule has 0 radical (unpaired) electrons. The highest BCUT2D eigenvalue weighted by atomic mass is 16.4. The van der Waals surface area contributed by atoms with Crippen molar-refractivity contribution in [2.24, 2.45) is 5.92 Å². The highest BCUT2D eigenvalue weighted by molar-refractivity contribution is 5.84. The molecule has 0 saturated carbocycles. The fourth-order valence-corrected chi connectivity index (χ4v) is 1.76. The van der Waals surface area contributed by atoms with Crippen LogP contribution in [0.5, 0.6) is 0 Å². The largest absolute Gasteiger partial charge is 0.476 e. The van der Waals surface area contributed by atoms with E-state index >= 15 is 0 Å². The molecule has 1 heterocycles. The molecule has 1 aromatic rings. The summed E-state index contributed by atoms with van der Waals surface area (Å²) in [6, 6.07) is 1.55. The first-order valence-corrected chi connectivity index (χ1v) is 5.94. The van der Waals surface area contributed by atoms with Gasteiger partial charge in [-0.3, -0.25) is 4.68 Å². The van der Waals surface area contributed by atoms with Gasteiger partial charge >= 0.3 is 5.97 Å². The SMILES string of the molecule is CCCCC(CC)Cn1ccc(C(=O)O)n1. The third-order valence-corrected chi connectivity index (χ3v) is 2.85. The van der Waals surface area contributed by atoms with Gasteiger partial charge in [-0.25, -0.2) is 4.79 Å². The molecule has 0 bridgehead atoms. The number of carboxylic acid groups (broad SMARTS) is 1. The van der Waals surface area contributed by atoms with Gasteiger partial charge in [0.15, 0.2) is 5.69 Å². The number of carboxylic acids is 1. The second-order valence-corrected chi connectivity index (χ2v) is 4.14. The van der Waals surface area contributed by atoms with E-state index in [0.29, 0.717) is 5.92 Å². The van der Waals surface area contributed by atoms with Crippen LogP contribution < -0.4 is 0 Å². The van der Waals surface area contributed by atoms with Crippen molar-refractivity contribution in [3.05, 3.63) is 18.0 Å². The predicted octanol–water partition coefficient (Wildman–Crippen LogP) is 2.80. The molecule has 0 fully saturated rings. The van der Waals surface area contributed by atoms with Gasteiger partial charge in [0.1, 0.15) is 0 Å². The summed E-state index contributed by atoms with van der Waals surface area (Å²) in [5, 5.41) is 12.8. The van der Waals surface area contributed by atoms with Crippen LogP contribution in [0.3, 0.4) is 0 Å². The summed E-state index contributed by atoms with van der Waals surface area (Å²) in [5.74, 6) is -0.359. The number of unbranched alkanes of at least 4 members (excludes halogenated alkanes) is 1. The second-order valence-electron chi connectivity index (χ2n) is 4.14. The van der Waals surface area contributed by atoms with Crippen LogP contribution in [-0.4, -0.2) is 20.9 Å². The summed E-state index contributed by atoms with van der Waals surface area (Å²) < 4.78 is 1.74. The molecule has 0 aromatic carbocycles. The zero-order valence-electron chi connectivity index (χ0n) is 10.0. The molecule has 1 unspecified atom stereocenters. The van der Waals surface area contributed by atoms with Gasteiger partial charge in [-0.05, 0) is 18.4 Å². The summed E-state index contributed by atoms with van der Waals surface area (Å²) in [6.07, 6.45) is 6.48. The van der Waals surface area contributed by atoms with E-state index in [4.69, 9.17) is 5.11 Å². The van der Waals surface area contributed by atoms with Crippen LogP contribution in [0.1, 0.15) is 50.0 Å². The third-order valence-electron chi connectivity index (χ3n) is 2.85. The van der Waals surface area contributed by atoms with E-state index in [1.54, 1.807) is 16.9 Å². The van der Waals surface area contributed by atoms with Crippen LogP contribution in [0.25, 0.3) is 0 Å². The summed E-state index contributed by atoms with van der Waals surface area (Å²) in [4.78, 5) is 10.7. The standard InChI is InChI=1S/C12H20N2O2/c1-3-5-6-10(4-2)9-14-8-7-11(13-14)12(15)16/h7-8,10H,3-6,9H2,1-2H3,(H,15,16). The molecule has 1 N–H and O–H groups in total. The molecule has 90 valence electrons. The third kappa shape index (κ3) is 3.68. The van der Waals surface area contributed by atoms with E-state index in [2.05, 4.69) is 18.9 Å². The fourth-order valence-electron chi connectivity index (χ4n) is 1.76. The Bertz CT molecular complexity index is 334. The van der Waals surface area contributed by atoms with Crippen molar-refractivity contribution < 1.29 is 9.90 Å². The van der Waals surface area contributed by atoms with Gasteiger partial charge in [-0.2, -0.15) is 5.10 Å². The average Bonchev–Trinajstić information content (AvgIpc) is 2.72. The van der Waals surface area contributed by atoms with E-state index < -0.39 is 5.97 Å². The van der Waals surface area contributed by atoms with Crippen molar-refractivity contribution in [3.8, 4) is 0 Å². The lowest BCUT2D eigenvalue weighted by Gasteiger charge is -2.13. The topological polar surface area (TPSA) is 55.1 Å². The molecule has 4 nitrogen and oxygen atoms in total. The van der Waals surface area contributed by atoms with Crippen LogP contribution >= 0.6 is 0 Å². The highest BCUT2D eigenvalue weighted by Crippen LogP contribution is 2.14. The molecular weight excluding hydrogens is 204 g/mol. The van der Waals surface area contributed by atoms with Crippen molar-refractivity contribution in [2.45, 2.75) is 46.1 Å². The van der Waals surface area contributed by atoms with Gasteiger partial charge in [0, 0.05) is 12.7 Å². The number of aromatic carboxylic acids is 1. The minimum atomic E-state index is -0.958. The minimum absolute atomic E-state index is 0.130. The zero-order chi connectivity index (χ0) is 12.0. The Labute approximate surface area is 96.3 Å². The number of carbonyl (C=O) groups is 1. The van der Waals surface area contributed by atoms with Gasteiger partial charge in [0.05, 0.1) is 0 Å². The van der Waals surface area contributed by atoms with Gasteiger partial charge in [-0.15, -0.1) is 0 Å². The van der Waals surface area contributed by atoms with Crippen LogP contribution in [-0.2, 0) is 6.54 Å². The summed E-state index contributed by atoms with van der Waals surface area (Å²) in [6.45, 7) is 5.18. The number of nitrogens with zero attached hydrogens (tertiary/aromatic N) is 2. The quantitative estimate of drug-likeness (QED) is 0.774. The molecule has 0 saturated heterocycles. The normalized spacial score (nSPS) is 12.6. The van der Waals surface area contributed by atoms with Crippen LogP contribution in [0.2, 0.25) is 0 Å². The summed E-state index contributed by atoms with van der Waals surface area (Å²) in [5.41, 5.74) is 0.130. The molecule has 4 heteroatoms. The first-order chi connectivity index (χ1) is 7.67. The predicted molar refractivity (Wildman–Crippen MR) is 62.5 cm³/mol. The number of aromatic nitrogens is 2. The van der Waals surface area contributed by atoms with E-state index in [1.807, 2.05) is 0 Å². The number of hydrogen-bond acceptors (Lipinski definition) is 2. The molecule has 0 spiro atoms. The lowest BCUT2D eigenvalue weighted by atomic mass is 10.00. The minimum Gasteiger partial charge on any atom is -0.476 e. The van der Waals surface area contributed by atoms with Crippen LogP contribution in [0.15, 0.2) is 12.3 Å². The monoisotopic (exact) mass is 224 g/mol. The Morgan fingerprint density at radius 2 is 2.31 bits per heavy atom. The average molecular weight is 224 g/mol. The Balaban J connectivity index is 2.52. The molecule has 16 heavy (non-hydrogen) atoms. The van der Waals surface area contributed by atoms with Crippen LogP contribution in [0.4, 0.5) is 0 Å². The van der Waals surface area contributed by atoms with Crippen molar-refractivity contribution in [1.29, 1.82) is 0 Å². The Hall–Kier alpha value is -1.32. The maximum absolute atomic E-state index is 10.7. The van der Waals surface area contributed by atoms with Crippen molar-refractivity contribution in [1.82, 2.24) is 9.78 Å². The van der Waals surface area contributed by atoms with Gasteiger partial charge < -0.3 is 5.11 Å². The second kappa shape index (κ2) is 6.30. The molecule has 0 aliphatic carbocycles. The lowest BCUT2D eigenvalue weighted by Crippen LogP contribution is -2.11. The maximum Gasteiger partial charge on any atom is 0.356 e. The van der Waals surface area contributed by atoms with Gasteiger partial charge in [0.25, 0.3) is 0 Å². The molecule has 1 atom stereocenters. The zero-order valence-corrected chi connectivity index (χ0v) is 10.0. The number of rotatable bonds is 7. The molecule has 0 aliphatic heterocycles. The Morgan fingerprint density at radius 1 is 1.56 bits per heavy atom. The van der Waals surface area contributed by atoms with Crippen molar-refractivity contribution in [3.63, 3.8) is 0 Å². The van der Waals surface area contributed by atoms with E-state index in [-0.39, 0.29) is 5.69 Å². The molecule has 1 aromatic heterocycles. The van der Waals surface area contributed by atoms with E-state index in [0.717, 1.165) is 13.0 Å². The highest BCUT2D eigenvalue weighted by Gasteiger charge is 2.10. The van der Waals surface area contributed by atoms with Gasteiger partial charge in [0.2, 0.25) is 0 Å². The maximum atomic E-state index is 10.7. The molecule has 1 rings (SSSR count). The first-order valence-electron chi connectivity index (χ1n) is 5.94. The van der Waals surface area contributed by atoms with Crippen LogP contribution in [0, 0.1) is 5.92 Å². The van der Waals surface area contributed by atoms with E-state index in [9.17, 15) is 4.79 Å². The lowest BCUT2D eigenvalue weighted by molar-refractivity contribution is 0.0689. The summed E-state index contributed by atoms with van der Waals surface area (Å²) in [7, 11) is 0. The first kappa shape index (κ1) is 12.7.